The molecule has 106 valence electrons. The predicted octanol–water partition coefficient (Wildman–Crippen LogP) is 1.11. The highest BCUT2D eigenvalue weighted by molar-refractivity contribution is 5.75. The molecule has 0 aliphatic rings. The van der Waals surface area contributed by atoms with Crippen LogP contribution in [0.4, 0.5) is 8.78 Å². The monoisotopic (exact) mass is 272 g/mol. The van der Waals surface area contributed by atoms with Crippen molar-refractivity contribution in [1.82, 2.24) is 10.6 Å². The van der Waals surface area contributed by atoms with Gasteiger partial charge in [-0.3, -0.25) is 4.79 Å². The lowest BCUT2D eigenvalue weighted by Crippen LogP contribution is -2.29. The third-order valence-corrected chi connectivity index (χ3v) is 2.56. The Hall–Kier alpha value is -1.53. The third kappa shape index (κ3) is 5.32. The van der Waals surface area contributed by atoms with Crippen LogP contribution < -0.4 is 10.6 Å². The minimum Gasteiger partial charge on any atom is -0.387 e. The number of aliphatic hydroxyl groups excluding tert-OH is 1. The normalized spacial score (nSPS) is 12.2. The fourth-order valence-corrected chi connectivity index (χ4v) is 1.61. The van der Waals surface area contributed by atoms with Crippen molar-refractivity contribution < 1.29 is 18.7 Å². The van der Waals surface area contributed by atoms with Gasteiger partial charge in [0.1, 0.15) is 11.6 Å². The fourth-order valence-electron chi connectivity index (χ4n) is 1.61. The van der Waals surface area contributed by atoms with Crippen LogP contribution in [0.5, 0.6) is 0 Å². The molecule has 1 atom stereocenters. The average molecular weight is 272 g/mol. The summed E-state index contributed by atoms with van der Waals surface area (Å²) >= 11 is 0. The standard InChI is InChI=1S/C13H18F2N2O2/c1-2-17-13(19)5-6-16-8-12(18)10-7-9(14)3-4-11(10)15/h3-4,7,12,16,18H,2,5-6,8H2,1H3,(H,17,19). The summed E-state index contributed by atoms with van der Waals surface area (Å²) in [6, 6.07) is 2.93. The number of hydrogen-bond donors (Lipinski definition) is 3. The molecule has 0 radical (unpaired) electrons. The van der Waals surface area contributed by atoms with E-state index in [0.29, 0.717) is 13.1 Å². The molecule has 1 aromatic rings. The molecule has 1 aromatic carbocycles. The van der Waals surface area contributed by atoms with Crippen LogP contribution in [-0.4, -0.2) is 30.6 Å². The predicted molar refractivity (Wildman–Crippen MR) is 67.5 cm³/mol. The topological polar surface area (TPSA) is 61.4 Å². The Kier molecular flexibility index (Phi) is 6.38. The molecular formula is C13H18F2N2O2. The van der Waals surface area contributed by atoms with E-state index in [2.05, 4.69) is 10.6 Å². The smallest absolute Gasteiger partial charge is 0.221 e. The minimum absolute atomic E-state index is 0.0553. The van der Waals surface area contributed by atoms with Crippen molar-refractivity contribution in [3.05, 3.63) is 35.4 Å². The van der Waals surface area contributed by atoms with Crippen molar-refractivity contribution in [3.63, 3.8) is 0 Å². The molecule has 0 aliphatic carbocycles. The highest BCUT2D eigenvalue weighted by Gasteiger charge is 2.13. The maximum Gasteiger partial charge on any atom is 0.221 e. The van der Waals surface area contributed by atoms with Gasteiger partial charge >= 0.3 is 0 Å². The molecule has 19 heavy (non-hydrogen) atoms. The third-order valence-electron chi connectivity index (χ3n) is 2.56. The van der Waals surface area contributed by atoms with Gasteiger partial charge in [0.15, 0.2) is 0 Å². The first kappa shape index (κ1) is 15.5. The largest absolute Gasteiger partial charge is 0.387 e. The molecule has 0 spiro atoms. The van der Waals surface area contributed by atoms with Crippen LogP contribution in [0.2, 0.25) is 0 Å². The number of benzene rings is 1. The second kappa shape index (κ2) is 7.81. The second-order valence-electron chi connectivity index (χ2n) is 4.09. The molecule has 0 saturated heterocycles. The van der Waals surface area contributed by atoms with Crippen LogP contribution in [-0.2, 0) is 4.79 Å². The highest BCUT2D eigenvalue weighted by atomic mass is 19.1. The second-order valence-corrected chi connectivity index (χ2v) is 4.09. The van der Waals surface area contributed by atoms with E-state index in [9.17, 15) is 18.7 Å². The summed E-state index contributed by atoms with van der Waals surface area (Å²) in [6.07, 6.45) is -0.878. The Morgan fingerprint density at radius 1 is 1.42 bits per heavy atom. The Morgan fingerprint density at radius 3 is 2.84 bits per heavy atom. The number of rotatable bonds is 7. The molecule has 6 heteroatoms. The summed E-state index contributed by atoms with van der Waals surface area (Å²) < 4.78 is 26.3. The van der Waals surface area contributed by atoms with E-state index in [1.165, 1.54) is 0 Å². The molecule has 4 nitrogen and oxygen atoms in total. The maximum atomic E-state index is 13.3. The van der Waals surface area contributed by atoms with Gasteiger partial charge in [0, 0.05) is 31.6 Å². The maximum absolute atomic E-state index is 13.3. The number of halogens is 2. The van der Waals surface area contributed by atoms with E-state index in [1.807, 2.05) is 6.92 Å². The molecule has 1 amide bonds. The molecule has 1 unspecified atom stereocenters. The van der Waals surface area contributed by atoms with Crippen LogP contribution in [0.3, 0.4) is 0 Å². The molecule has 3 N–H and O–H groups in total. The quantitative estimate of drug-likeness (QED) is 0.652. The molecular weight excluding hydrogens is 254 g/mol. The van der Waals surface area contributed by atoms with E-state index in [1.54, 1.807) is 0 Å². The number of aliphatic hydroxyl groups is 1. The van der Waals surface area contributed by atoms with Crippen LogP contribution in [0, 0.1) is 11.6 Å². The first-order valence-corrected chi connectivity index (χ1v) is 6.15. The summed E-state index contributed by atoms with van der Waals surface area (Å²) in [7, 11) is 0. The van der Waals surface area contributed by atoms with E-state index in [0.717, 1.165) is 18.2 Å². The van der Waals surface area contributed by atoms with Crippen LogP contribution in [0.15, 0.2) is 18.2 Å². The van der Waals surface area contributed by atoms with Crippen molar-refractivity contribution in [3.8, 4) is 0 Å². The molecule has 1 rings (SSSR count). The summed E-state index contributed by atoms with van der Waals surface area (Å²) in [6.45, 7) is 2.80. The summed E-state index contributed by atoms with van der Waals surface area (Å²) in [5.74, 6) is -1.35. The zero-order valence-electron chi connectivity index (χ0n) is 10.7. The number of nitrogens with one attached hydrogen (secondary N) is 2. The lowest BCUT2D eigenvalue weighted by atomic mass is 10.1. The molecule has 0 saturated carbocycles. The number of hydrogen-bond acceptors (Lipinski definition) is 3. The van der Waals surface area contributed by atoms with Gasteiger partial charge in [0.05, 0.1) is 6.10 Å². The van der Waals surface area contributed by atoms with Gasteiger partial charge in [0.25, 0.3) is 0 Å². The number of carbonyl (C=O) groups is 1. The zero-order valence-corrected chi connectivity index (χ0v) is 10.7. The lowest BCUT2D eigenvalue weighted by Gasteiger charge is -2.13. The minimum atomic E-state index is -1.15. The summed E-state index contributed by atoms with van der Waals surface area (Å²) in [5.41, 5.74) is -0.0921. The first-order valence-electron chi connectivity index (χ1n) is 6.15. The van der Waals surface area contributed by atoms with Crippen LogP contribution in [0.25, 0.3) is 0 Å². The van der Waals surface area contributed by atoms with Gasteiger partial charge in [-0.1, -0.05) is 0 Å². The first-order chi connectivity index (χ1) is 9.04. The Labute approximate surface area is 110 Å². The Balaban J connectivity index is 2.37. The summed E-state index contributed by atoms with van der Waals surface area (Å²) in [5, 5.41) is 15.2. The molecule has 0 aliphatic heterocycles. The summed E-state index contributed by atoms with van der Waals surface area (Å²) in [4.78, 5) is 11.1. The van der Waals surface area contributed by atoms with Crippen LogP contribution >= 0.6 is 0 Å². The zero-order chi connectivity index (χ0) is 14.3. The van der Waals surface area contributed by atoms with Gasteiger partial charge in [-0.2, -0.15) is 0 Å². The molecule has 0 fully saturated rings. The van der Waals surface area contributed by atoms with E-state index < -0.39 is 17.7 Å². The van der Waals surface area contributed by atoms with Crippen molar-refractivity contribution in [2.24, 2.45) is 0 Å². The number of amides is 1. The highest BCUT2D eigenvalue weighted by Crippen LogP contribution is 2.17. The lowest BCUT2D eigenvalue weighted by molar-refractivity contribution is -0.120. The van der Waals surface area contributed by atoms with Crippen molar-refractivity contribution in [1.29, 1.82) is 0 Å². The van der Waals surface area contributed by atoms with Crippen LogP contribution in [0.1, 0.15) is 25.0 Å². The van der Waals surface area contributed by atoms with E-state index in [-0.39, 0.29) is 24.4 Å². The average Bonchev–Trinajstić information content (AvgIpc) is 2.37. The molecule has 0 heterocycles. The van der Waals surface area contributed by atoms with E-state index in [4.69, 9.17) is 0 Å². The SMILES string of the molecule is CCNC(=O)CCNCC(O)c1cc(F)ccc1F. The van der Waals surface area contributed by atoms with Gasteiger partial charge in [-0.15, -0.1) is 0 Å². The van der Waals surface area contributed by atoms with Gasteiger partial charge in [0.2, 0.25) is 5.91 Å². The van der Waals surface area contributed by atoms with Crippen molar-refractivity contribution in [2.75, 3.05) is 19.6 Å². The van der Waals surface area contributed by atoms with Gasteiger partial charge < -0.3 is 15.7 Å². The Bertz CT molecular complexity index is 427. The van der Waals surface area contributed by atoms with E-state index >= 15 is 0 Å². The molecule has 0 bridgehead atoms. The van der Waals surface area contributed by atoms with Crippen molar-refractivity contribution >= 4 is 5.91 Å². The van der Waals surface area contributed by atoms with Gasteiger partial charge in [-0.25, -0.2) is 8.78 Å². The van der Waals surface area contributed by atoms with Gasteiger partial charge in [-0.05, 0) is 25.1 Å². The fraction of sp³-hybridized carbons (Fsp3) is 0.462. The number of carbonyl (C=O) groups excluding carboxylic acids is 1. The Morgan fingerprint density at radius 2 is 2.16 bits per heavy atom. The van der Waals surface area contributed by atoms with Crippen molar-refractivity contribution in [2.45, 2.75) is 19.4 Å². The molecule has 0 aromatic heterocycles.